The Morgan fingerprint density at radius 2 is 1.91 bits per heavy atom. The number of carboxylic acids is 1. The van der Waals surface area contributed by atoms with Crippen molar-refractivity contribution in [3.05, 3.63) is 35.9 Å². The standard InChI is InChI=1S/C16H22N2O4/c17-16(10-14(19)20)8-6-13(7-9-16)18-15(21)22-11-12-4-2-1-3-5-12/h1-5,13H,6-11,17H2,(H,18,21)(H,19,20). The SMILES string of the molecule is NC1(CC(=O)O)CCC(NC(=O)OCc2ccccc2)CC1. The van der Waals surface area contributed by atoms with Crippen LogP contribution in [0.3, 0.4) is 0 Å². The Morgan fingerprint density at radius 1 is 1.27 bits per heavy atom. The average molecular weight is 306 g/mol. The van der Waals surface area contributed by atoms with Gasteiger partial charge in [0.15, 0.2) is 0 Å². The molecule has 6 heteroatoms. The van der Waals surface area contributed by atoms with E-state index in [-0.39, 0.29) is 19.1 Å². The maximum absolute atomic E-state index is 11.8. The van der Waals surface area contributed by atoms with Gasteiger partial charge in [-0.05, 0) is 31.2 Å². The molecule has 1 amide bonds. The molecule has 0 bridgehead atoms. The van der Waals surface area contributed by atoms with Crippen LogP contribution in [-0.2, 0) is 16.1 Å². The Hall–Kier alpha value is -2.08. The van der Waals surface area contributed by atoms with E-state index in [1.807, 2.05) is 30.3 Å². The molecule has 0 atom stereocenters. The Kier molecular flexibility index (Phi) is 5.38. The van der Waals surface area contributed by atoms with Gasteiger partial charge in [0.1, 0.15) is 6.61 Å². The predicted molar refractivity (Wildman–Crippen MR) is 81.2 cm³/mol. The lowest BCUT2D eigenvalue weighted by Gasteiger charge is -2.36. The number of carbonyl (C=O) groups excluding carboxylic acids is 1. The monoisotopic (exact) mass is 306 g/mol. The number of rotatable bonds is 5. The van der Waals surface area contributed by atoms with E-state index in [0.717, 1.165) is 5.56 Å². The molecule has 0 radical (unpaired) electrons. The lowest BCUT2D eigenvalue weighted by atomic mass is 9.78. The quantitative estimate of drug-likeness (QED) is 0.772. The summed E-state index contributed by atoms with van der Waals surface area (Å²) < 4.78 is 5.17. The third-order valence-electron chi connectivity index (χ3n) is 4.02. The highest BCUT2D eigenvalue weighted by Crippen LogP contribution is 2.29. The van der Waals surface area contributed by atoms with Crippen LogP contribution in [0.4, 0.5) is 4.79 Å². The van der Waals surface area contributed by atoms with Crippen molar-refractivity contribution in [2.45, 2.75) is 50.3 Å². The van der Waals surface area contributed by atoms with Crippen molar-refractivity contribution in [1.82, 2.24) is 5.32 Å². The molecule has 1 aromatic carbocycles. The molecule has 22 heavy (non-hydrogen) atoms. The van der Waals surface area contributed by atoms with Crippen LogP contribution in [0.5, 0.6) is 0 Å². The predicted octanol–water partition coefficient (Wildman–Crippen LogP) is 2.03. The van der Waals surface area contributed by atoms with E-state index in [1.165, 1.54) is 0 Å². The van der Waals surface area contributed by atoms with Gasteiger partial charge in [0.25, 0.3) is 0 Å². The molecule has 0 heterocycles. The summed E-state index contributed by atoms with van der Waals surface area (Å²) in [4.78, 5) is 22.5. The molecule has 0 spiro atoms. The summed E-state index contributed by atoms with van der Waals surface area (Å²) in [6.45, 7) is 0.235. The van der Waals surface area contributed by atoms with Crippen molar-refractivity contribution < 1.29 is 19.4 Å². The van der Waals surface area contributed by atoms with E-state index < -0.39 is 17.6 Å². The van der Waals surface area contributed by atoms with Crippen molar-refractivity contribution in [2.24, 2.45) is 5.73 Å². The van der Waals surface area contributed by atoms with E-state index in [0.29, 0.717) is 25.7 Å². The summed E-state index contributed by atoms with van der Waals surface area (Å²) in [5.41, 5.74) is 6.34. The first-order valence-electron chi connectivity index (χ1n) is 7.45. The third-order valence-corrected chi connectivity index (χ3v) is 4.02. The normalized spacial score (nSPS) is 24.5. The second kappa shape index (κ2) is 7.26. The van der Waals surface area contributed by atoms with Gasteiger partial charge in [-0.3, -0.25) is 4.79 Å². The second-order valence-electron chi connectivity index (χ2n) is 5.91. The lowest BCUT2D eigenvalue weighted by molar-refractivity contribution is -0.138. The third kappa shape index (κ3) is 5.04. The number of carbonyl (C=O) groups is 2. The Labute approximate surface area is 129 Å². The number of aliphatic carboxylic acids is 1. The highest BCUT2D eigenvalue weighted by Gasteiger charge is 2.34. The van der Waals surface area contributed by atoms with Gasteiger partial charge in [0.05, 0.1) is 6.42 Å². The summed E-state index contributed by atoms with van der Waals surface area (Å²) in [6, 6.07) is 9.46. The zero-order valence-electron chi connectivity index (χ0n) is 12.5. The molecule has 1 aliphatic carbocycles. The van der Waals surface area contributed by atoms with E-state index in [4.69, 9.17) is 15.6 Å². The zero-order valence-corrected chi connectivity index (χ0v) is 12.5. The van der Waals surface area contributed by atoms with E-state index in [1.54, 1.807) is 0 Å². The van der Waals surface area contributed by atoms with E-state index in [9.17, 15) is 9.59 Å². The smallest absolute Gasteiger partial charge is 0.407 e. The fraction of sp³-hybridized carbons (Fsp3) is 0.500. The first kappa shape index (κ1) is 16.3. The van der Waals surface area contributed by atoms with E-state index >= 15 is 0 Å². The molecule has 120 valence electrons. The maximum Gasteiger partial charge on any atom is 0.407 e. The van der Waals surface area contributed by atoms with Crippen LogP contribution in [0.2, 0.25) is 0 Å². The Balaban J connectivity index is 1.71. The molecule has 0 aliphatic heterocycles. The zero-order chi connectivity index (χ0) is 16.0. The van der Waals surface area contributed by atoms with Gasteiger partial charge in [0, 0.05) is 11.6 Å². The van der Waals surface area contributed by atoms with Crippen molar-refractivity contribution >= 4 is 12.1 Å². The van der Waals surface area contributed by atoms with Crippen molar-refractivity contribution in [3.8, 4) is 0 Å². The van der Waals surface area contributed by atoms with Gasteiger partial charge < -0.3 is 20.9 Å². The first-order valence-corrected chi connectivity index (χ1v) is 7.45. The number of amides is 1. The minimum absolute atomic E-state index is 0.00579. The summed E-state index contributed by atoms with van der Waals surface area (Å²) in [5.74, 6) is -0.879. The molecule has 0 saturated heterocycles. The molecule has 1 aromatic rings. The number of alkyl carbamates (subject to hydrolysis) is 1. The highest BCUT2D eigenvalue weighted by molar-refractivity contribution is 5.68. The number of nitrogens with one attached hydrogen (secondary N) is 1. The van der Waals surface area contributed by atoms with Crippen molar-refractivity contribution in [3.63, 3.8) is 0 Å². The molecular weight excluding hydrogens is 284 g/mol. The van der Waals surface area contributed by atoms with Gasteiger partial charge in [0.2, 0.25) is 0 Å². The molecule has 4 N–H and O–H groups in total. The molecule has 1 fully saturated rings. The molecule has 6 nitrogen and oxygen atoms in total. The number of nitrogens with two attached hydrogens (primary N) is 1. The van der Waals surface area contributed by atoms with Gasteiger partial charge in [-0.15, -0.1) is 0 Å². The number of carboxylic acid groups (broad SMARTS) is 1. The number of ether oxygens (including phenoxy) is 1. The molecule has 0 unspecified atom stereocenters. The summed E-state index contributed by atoms with van der Waals surface area (Å²) in [7, 11) is 0. The Morgan fingerprint density at radius 3 is 2.50 bits per heavy atom. The van der Waals surface area contributed by atoms with Gasteiger partial charge in [-0.1, -0.05) is 30.3 Å². The lowest BCUT2D eigenvalue weighted by Crippen LogP contribution is -2.49. The minimum atomic E-state index is -0.879. The number of hydrogen-bond acceptors (Lipinski definition) is 4. The summed E-state index contributed by atoms with van der Waals surface area (Å²) in [6.07, 6.45) is 2.04. The van der Waals surface area contributed by atoms with Crippen LogP contribution in [0.15, 0.2) is 30.3 Å². The largest absolute Gasteiger partial charge is 0.481 e. The molecule has 2 rings (SSSR count). The summed E-state index contributed by atoms with van der Waals surface area (Å²) in [5, 5.41) is 11.7. The Bertz CT molecular complexity index is 510. The minimum Gasteiger partial charge on any atom is -0.481 e. The van der Waals surface area contributed by atoms with Crippen LogP contribution < -0.4 is 11.1 Å². The van der Waals surface area contributed by atoms with E-state index in [2.05, 4.69) is 5.32 Å². The molecular formula is C16H22N2O4. The van der Waals surface area contributed by atoms with Crippen LogP contribution in [0.1, 0.15) is 37.7 Å². The van der Waals surface area contributed by atoms with Crippen molar-refractivity contribution in [2.75, 3.05) is 0 Å². The fourth-order valence-electron chi connectivity index (χ4n) is 2.75. The van der Waals surface area contributed by atoms with Crippen LogP contribution in [0, 0.1) is 0 Å². The topological polar surface area (TPSA) is 102 Å². The van der Waals surface area contributed by atoms with Gasteiger partial charge >= 0.3 is 12.1 Å². The maximum atomic E-state index is 11.8. The fourth-order valence-corrected chi connectivity index (χ4v) is 2.75. The van der Waals surface area contributed by atoms with Crippen LogP contribution >= 0.6 is 0 Å². The molecule has 0 aromatic heterocycles. The van der Waals surface area contributed by atoms with Gasteiger partial charge in [-0.25, -0.2) is 4.79 Å². The average Bonchev–Trinajstić information content (AvgIpc) is 2.48. The first-order chi connectivity index (χ1) is 10.5. The molecule has 1 aliphatic rings. The van der Waals surface area contributed by atoms with Crippen LogP contribution in [0.25, 0.3) is 0 Å². The van der Waals surface area contributed by atoms with Crippen molar-refractivity contribution in [1.29, 1.82) is 0 Å². The summed E-state index contributed by atoms with van der Waals surface area (Å²) >= 11 is 0. The molecule has 1 saturated carbocycles. The highest BCUT2D eigenvalue weighted by atomic mass is 16.5. The second-order valence-corrected chi connectivity index (χ2v) is 5.91. The van der Waals surface area contributed by atoms with Gasteiger partial charge in [-0.2, -0.15) is 0 Å². The number of benzene rings is 1. The van der Waals surface area contributed by atoms with Crippen LogP contribution in [-0.4, -0.2) is 28.7 Å². The number of hydrogen-bond donors (Lipinski definition) is 3.